The molecule has 0 aliphatic carbocycles. The minimum Gasteiger partial charge on any atom is -0.196 e. The summed E-state index contributed by atoms with van der Waals surface area (Å²) in [6.45, 7) is 22.0. The summed E-state index contributed by atoms with van der Waals surface area (Å²) in [5.41, 5.74) is 14.7. The van der Waals surface area contributed by atoms with Crippen LogP contribution in [0.25, 0.3) is 0 Å². The average Bonchev–Trinajstić information content (AvgIpc) is 2.71. The van der Waals surface area contributed by atoms with Gasteiger partial charge in [-0.15, -0.1) is 0 Å². The smallest absolute Gasteiger partial charge is 0.196 e. The molecule has 0 aromatic heterocycles. The van der Waals surface area contributed by atoms with E-state index in [4.69, 9.17) is 0 Å². The second kappa shape index (κ2) is 7.65. The van der Waals surface area contributed by atoms with Gasteiger partial charge in [0.25, 0.3) is 0 Å². The van der Waals surface area contributed by atoms with Gasteiger partial charge in [0.15, 0.2) is 0 Å². The van der Waals surface area contributed by atoms with Crippen LogP contribution in [0, 0.1) is 69.2 Å². The third-order valence-corrected chi connectivity index (χ3v) is 5.62. The molecule has 0 aliphatic rings. The molecule has 0 saturated heterocycles. The van der Waals surface area contributed by atoms with Gasteiger partial charge in [-0.25, -0.2) is 0 Å². The van der Waals surface area contributed by atoms with Crippen LogP contribution in [0.5, 0.6) is 0 Å². The van der Waals surface area contributed by atoms with E-state index in [1.807, 2.05) is 0 Å². The fourth-order valence-electron chi connectivity index (χ4n) is 2.81. The largest absolute Gasteiger partial charge is 2.00 e. The molecule has 0 unspecified atom stereocenters. The maximum atomic E-state index is 2.20. The van der Waals surface area contributed by atoms with Crippen LogP contribution in [0.3, 0.4) is 0 Å². The normalized spacial score (nSPS) is 10.0. The summed E-state index contributed by atoms with van der Waals surface area (Å²) in [6, 6.07) is 0. The van der Waals surface area contributed by atoms with Crippen LogP contribution in [0.4, 0.5) is 0 Å². The van der Waals surface area contributed by atoms with E-state index in [-0.39, 0.29) is 23.1 Å². The molecule has 0 saturated carbocycles. The first-order valence-corrected chi connectivity index (χ1v) is 7.50. The van der Waals surface area contributed by atoms with Gasteiger partial charge in [0.2, 0.25) is 0 Å². The Balaban J connectivity index is 0.000000364. The van der Waals surface area contributed by atoms with Gasteiger partial charge in [0.1, 0.15) is 0 Å². The molecule has 0 atom stereocenters. The molecular formula is C20H30Mg. The van der Waals surface area contributed by atoms with E-state index < -0.39 is 0 Å². The molecule has 2 aromatic carbocycles. The molecule has 0 amide bonds. The predicted molar refractivity (Wildman–Crippen MR) is 97.2 cm³/mol. The minimum atomic E-state index is 0. The zero-order chi connectivity index (χ0) is 15.8. The van der Waals surface area contributed by atoms with Crippen molar-refractivity contribution in [3.8, 4) is 0 Å². The molecule has 0 nitrogen and oxygen atoms in total. The monoisotopic (exact) mass is 294 g/mol. The fraction of sp³-hybridized carbons (Fsp3) is 0.500. The van der Waals surface area contributed by atoms with Crippen LogP contribution in [0.2, 0.25) is 0 Å². The summed E-state index contributed by atoms with van der Waals surface area (Å²) in [5.74, 6) is 0. The molecule has 112 valence electrons. The van der Waals surface area contributed by atoms with Crippen LogP contribution in [-0.2, 0) is 0 Å². The summed E-state index contributed by atoms with van der Waals surface area (Å²) in [5, 5.41) is 0. The van der Waals surface area contributed by atoms with Gasteiger partial charge in [-0.1, -0.05) is 69.2 Å². The second-order valence-electron chi connectivity index (χ2n) is 6.25. The molecular weight excluding hydrogens is 265 g/mol. The zero-order valence-corrected chi connectivity index (χ0v) is 17.1. The van der Waals surface area contributed by atoms with Crippen molar-refractivity contribution in [1.82, 2.24) is 0 Å². The molecule has 0 N–H and O–H groups in total. The van der Waals surface area contributed by atoms with Crippen molar-refractivity contribution >= 4 is 23.1 Å². The molecule has 0 heterocycles. The Morgan fingerprint density at radius 1 is 0.429 bits per heavy atom. The predicted octanol–water partition coefficient (Wildman–Crippen LogP) is 5.51. The maximum Gasteiger partial charge on any atom is 2.00 e. The first-order valence-electron chi connectivity index (χ1n) is 7.50. The molecule has 21 heavy (non-hydrogen) atoms. The fourth-order valence-corrected chi connectivity index (χ4v) is 2.81. The molecule has 2 rings (SSSR count). The van der Waals surface area contributed by atoms with E-state index in [9.17, 15) is 0 Å². The molecule has 2 aromatic rings. The van der Waals surface area contributed by atoms with Gasteiger partial charge < -0.3 is 0 Å². The van der Waals surface area contributed by atoms with Crippen LogP contribution < -0.4 is 0 Å². The Kier molecular flexibility index (Phi) is 7.45. The van der Waals surface area contributed by atoms with Gasteiger partial charge >= 0.3 is 23.1 Å². The van der Waals surface area contributed by atoms with Crippen molar-refractivity contribution < 1.29 is 0 Å². The molecule has 1 heteroatoms. The van der Waals surface area contributed by atoms with Gasteiger partial charge in [0, 0.05) is 0 Å². The third kappa shape index (κ3) is 3.81. The molecule has 0 aliphatic heterocycles. The molecule has 0 radical (unpaired) electrons. The number of hydrogen-bond donors (Lipinski definition) is 0. The quantitative estimate of drug-likeness (QED) is 0.444. The van der Waals surface area contributed by atoms with Crippen LogP contribution in [0.15, 0.2) is 0 Å². The van der Waals surface area contributed by atoms with Gasteiger partial charge in [-0.05, 0) is 0 Å². The summed E-state index contributed by atoms with van der Waals surface area (Å²) in [4.78, 5) is 0. The summed E-state index contributed by atoms with van der Waals surface area (Å²) >= 11 is 0. The average molecular weight is 295 g/mol. The Morgan fingerprint density at radius 2 is 0.571 bits per heavy atom. The van der Waals surface area contributed by atoms with Gasteiger partial charge in [-0.3, -0.25) is 0 Å². The van der Waals surface area contributed by atoms with Gasteiger partial charge in [0.05, 0.1) is 0 Å². The van der Waals surface area contributed by atoms with Crippen molar-refractivity contribution in [2.45, 2.75) is 69.2 Å². The first-order chi connectivity index (χ1) is 9.11. The van der Waals surface area contributed by atoms with Crippen molar-refractivity contribution in [2.75, 3.05) is 0 Å². The van der Waals surface area contributed by atoms with E-state index in [0.29, 0.717) is 0 Å². The van der Waals surface area contributed by atoms with Crippen molar-refractivity contribution in [1.29, 1.82) is 0 Å². The topological polar surface area (TPSA) is 0 Å². The second-order valence-corrected chi connectivity index (χ2v) is 6.25. The third-order valence-electron chi connectivity index (χ3n) is 5.62. The summed E-state index contributed by atoms with van der Waals surface area (Å²) in [6.07, 6.45) is 0. The molecule has 0 bridgehead atoms. The van der Waals surface area contributed by atoms with Crippen molar-refractivity contribution in [2.24, 2.45) is 0 Å². The van der Waals surface area contributed by atoms with E-state index in [1.54, 1.807) is 0 Å². The standard InChI is InChI=1S/2C10H15.Mg/c2*1-6-7(2)9(4)10(5)8(6)3;/h2*1-5H3;/q2*-1;+2. The maximum absolute atomic E-state index is 2.20. The van der Waals surface area contributed by atoms with E-state index in [0.717, 1.165) is 0 Å². The summed E-state index contributed by atoms with van der Waals surface area (Å²) < 4.78 is 0. The van der Waals surface area contributed by atoms with Crippen LogP contribution in [-0.4, -0.2) is 23.1 Å². The van der Waals surface area contributed by atoms with Crippen LogP contribution in [0.1, 0.15) is 55.6 Å². The molecule has 0 spiro atoms. The summed E-state index contributed by atoms with van der Waals surface area (Å²) in [7, 11) is 0. The molecule has 0 fully saturated rings. The minimum absolute atomic E-state index is 0. The Hall–Kier alpha value is -0.534. The number of rotatable bonds is 0. The van der Waals surface area contributed by atoms with Crippen molar-refractivity contribution in [3.63, 3.8) is 0 Å². The first kappa shape index (κ1) is 20.5. The van der Waals surface area contributed by atoms with E-state index in [1.165, 1.54) is 55.6 Å². The van der Waals surface area contributed by atoms with E-state index >= 15 is 0 Å². The van der Waals surface area contributed by atoms with Crippen LogP contribution >= 0.6 is 0 Å². The Bertz CT molecular complexity index is 404. The van der Waals surface area contributed by atoms with Crippen molar-refractivity contribution in [3.05, 3.63) is 55.6 Å². The van der Waals surface area contributed by atoms with Gasteiger partial charge in [-0.2, -0.15) is 55.6 Å². The Morgan fingerprint density at radius 3 is 0.619 bits per heavy atom. The van der Waals surface area contributed by atoms with E-state index in [2.05, 4.69) is 69.2 Å². The SMILES string of the molecule is Cc1c(C)c(C)[c-](C)c1C.Cc1c(C)c(C)[c-](C)c1C.[Mg+2]. The Labute approximate surface area is 147 Å². The number of hydrogen-bond acceptors (Lipinski definition) is 0. The zero-order valence-electron chi connectivity index (χ0n) is 15.7.